The third-order valence-corrected chi connectivity index (χ3v) is 5.85. The summed E-state index contributed by atoms with van der Waals surface area (Å²) in [7, 11) is 0. The van der Waals surface area contributed by atoms with Crippen molar-refractivity contribution in [2.75, 3.05) is 6.61 Å². The summed E-state index contributed by atoms with van der Waals surface area (Å²) in [4.78, 5) is 23.7. The van der Waals surface area contributed by atoms with Gasteiger partial charge in [0.1, 0.15) is 17.2 Å². The van der Waals surface area contributed by atoms with Crippen molar-refractivity contribution >= 4 is 35.1 Å². The van der Waals surface area contributed by atoms with Gasteiger partial charge in [-0.3, -0.25) is 4.79 Å². The van der Waals surface area contributed by atoms with Crippen molar-refractivity contribution in [3.8, 4) is 17.2 Å². The molecule has 0 aromatic heterocycles. The molecule has 0 bridgehead atoms. The van der Waals surface area contributed by atoms with Crippen LogP contribution in [0.15, 0.2) is 60.7 Å². The molecule has 2 atom stereocenters. The van der Waals surface area contributed by atoms with Gasteiger partial charge >= 0.3 is 29.6 Å². The average molecular weight is 526 g/mol. The van der Waals surface area contributed by atoms with Gasteiger partial charge < -0.3 is 24.7 Å². The first kappa shape index (κ1) is 27.3. The van der Waals surface area contributed by atoms with E-state index in [4.69, 9.17) is 32.7 Å². The molecule has 10 heteroatoms. The van der Waals surface area contributed by atoms with Crippen LogP contribution < -0.4 is 49.5 Å². The van der Waals surface area contributed by atoms with Crippen LogP contribution in [0.25, 0.3) is 0 Å². The molecular weight excluding hydrogens is 507 g/mol. The van der Waals surface area contributed by atoms with Crippen molar-refractivity contribution in [2.45, 2.75) is 25.1 Å². The van der Waals surface area contributed by atoms with E-state index in [1.165, 1.54) is 24.3 Å². The fourth-order valence-electron chi connectivity index (χ4n) is 3.66. The molecule has 0 radical (unpaired) electrons. The van der Waals surface area contributed by atoms with Crippen LogP contribution in [0.4, 0.5) is 4.39 Å². The number of carboxylic acids is 1. The van der Waals surface area contributed by atoms with Crippen LogP contribution in [0.3, 0.4) is 0 Å². The maximum Gasteiger partial charge on any atom is 1.00 e. The SMILES string of the molecule is O=C(NC(F)Cc1cccc(Cl)c1)c1ccc(Oc2cc3c(cc2Cl)C(C(=O)[O-])CCO3)cc1.[Na+]. The Morgan fingerprint density at radius 3 is 2.57 bits per heavy atom. The molecule has 4 rings (SSSR count). The average Bonchev–Trinajstić information content (AvgIpc) is 2.79. The number of benzene rings is 3. The number of fused-ring (bicyclic) bond motifs is 1. The molecule has 0 aliphatic carbocycles. The molecule has 0 fully saturated rings. The summed E-state index contributed by atoms with van der Waals surface area (Å²) in [6, 6.07) is 15.9. The van der Waals surface area contributed by atoms with E-state index in [0.717, 1.165) is 0 Å². The number of carbonyl (C=O) groups excluding carboxylic acids is 2. The van der Waals surface area contributed by atoms with Gasteiger partial charge in [0.05, 0.1) is 11.6 Å². The number of carboxylic acid groups (broad SMARTS) is 1. The number of alkyl halides is 1. The first-order chi connectivity index (χ1) is 16.3. The Bertz CT molecular complexity index is 1220. The molecule has 1 aliphatic heterocycles. The van der Waals surface area contributed by atoms with E-state index in [0.29, 0.717) is 34.1 Å². The van der Waals surface area contributed by atoms with Gasteiger partial charge in [0.25, 0.3) is 5.91 Å². The van der Waals surface area contributed by atoms with Gasteiger partial charge in [-0.05, 0) is 54.4 Å². The van der Waals surface area contributed by atoms with Crippen molar-refractivity contribution in [1.82, 2.24) is 5.32 Å². The number of aliphatic carboxylic acids is 1. The quantitative estimate of drug-likeness (QED) is 0.374. The predicted octanol–water partition coefficient (Wildman–Crippen LogP) is 1.67. The topological polar surface area (TPSA) is 87.7 Å². The predicted molar refractivity (Wildman–Crippen MR) is 123 cm³/mol. The largest absolute Gasteiger partial charge is 1.00 e. The minimum Gasteiger partial charge on any atom is -0.549 e. The first-order valence-electron chi connectivity index (χ1n) is 10.4. The number of rotatable bonds is 7. The summed E-state index contributed by atoms with van der Waals surface area (Å²) in [5.74, 6) is -1.56. The molecule has 6 nitrogen and oxygen atoms in total. The fraction of sp³-hybridized carbons (Fsp3) is 0.200. The maximum absolute atomic E-state index is 14.3. The van der Waals surface area contributed by atoms with Crippen LogP contribution in [0.2, 0.25) is 10.0 Å². The fourth-order valence-corrected chi connectivity index (χ4v) is 4.09. The first-order valence-corrected chi connectivity index (χ1v) is 11.2. The zero-order chi connectivity index (χ0) is 24.2. The van der Waals surface area contributed by atoms with Crippen LogP contribution in [0, 0.1) is 0 Å². The standard InChI is InChI=1S/C25H20Cl2FNO5.Na/c26-16-3-1-2-14(10-16)11-23(28)29-24(30)15-4-6-17(7-5-15)34-22-13-21-19(12-20(22)27)18(25(31)32)8-9-33-21;/h1-7,10,12-13,18,23H,8-9,11H2,(H,29,30)(H,31,32);/q;+1/p-1. The molecule has 1 heterocycles. The van der Waals surface area contributed by atoms with Crippen LogP contribution in [-0.4, -0.2) is 24.8 Å². The molecule has 0 saturated carbocycles. The summed E-state index contributed by atoms with van der Waals surface area (Å²) >= 11 is 12.2. The van der Waals surface area contributed by atoms with Crippen molar-refractivity contribution in [2.24, 2.45) is 0 Å². The van der Waals surface area contributed by atoms with E-state index in [-0.39, 0.29) is 58.9 Å². The summed E-state index contributed by atoms with van der Waals surface area (Å²) in [6.45, 7) is 0.239. The van der Waals surface area contributed by atoms with Gasteiger partial charge in [-0.1, -0.05) is 35.3 Å². The van der Waals surface area contributed by atoms with Gasteiger partial charge in [-0.2, -0.15) is 0 Å². The summed E-state index contributed by atoms with van der Waals surface area (Å²) in [6.07, 6.45) is -1.29. The number of nitrogens with one attached hydrogen (secondary N) is 1. The Balaban J connectivity index is 0.00000342. The zero-order valence-electron chi connectivity index (χ0n) is 18.7. The maximum atomic E-state index is 14.3. The number of hydrogen-bond donors (Lipinski definition) is 1. The Kier molecular flexibility index (Phi) is 9.44. The summed E-state index contributed by atoms with van der Waals surface area (Å²) in [5.41, 5.74) is 1.35. The molecule has 1 amide bonds. The summed E-state index contributed by atoms with van der Waals surface area (Å²) in [5, 5.41) is 14.4. The minimum absolute atomic E-state index is 0. The molecular formula is C25H19Cl2FNNaO5. The molecule has 35 heavy (non-hydrogen) atoms. The number of ether oxygens (including phenoxy) is 2. The molecule has 3 aromatic carbocycles. The number of carbonyl (C=O) groups is 2. The van der Waals surface area contributed by atoms with Gasteiger partial charge in [0.15, 0.2) is 6.30 Å². The summed E-state index contributed by atoms with van der Waals surface area (Å²) < 4.78 is 25.6. The van der Waals surface area contributed by atoms with Crippen LogP contribution >= 0.6 is 23.2 Å². The number of hydrogen-bond acceptors (Lipinski definition) is 5. The Hall–Kier alpha value is -2.29. The number of amides is 1. The van der Waals surface area contributed by atoms with Gasteiger partial charge in [0, 0.05) is 40.5 Å². The van der Waals surface area contributed by atoms with Crippen molar-refractivity contribution < 1.29 is 58.1 Å². The Labute approximate surface area is 233 Å². The van der Waals surface area contributed by atoms with E-state index in [1.54, 1.807) is 36.4 Å². The molecule has 0 saturated heterocycles. The number of halogens is 3. The molecule has 1 aliphatic rings. The molecule has 3 aromatic rings. The zero-order valence-corrected chi connectivity index (χ0v) is 22.2. The molecule has 0 spiro atoms. The van der Waals surface area contributed by atoms with E-state index in [9.17, 15) is 19.1 Å². The smallest absolute Gasteiger partial charge is 0.549 e. The monoisotopic (exact) mass is 525 g/mol. The van der Waals surface area contributed by atoms with Gasteiger partial charge in [0.2, 0.25) is 0 Å². The van der Waals surface area contributed by atoms with Gasteiger partial charge in [-0.15, -0.1) is 0 Å². The Morgan fingerprint density at radius 1 is 1.14 bits per heavy atom. The molecule has 1 N–H and O–H groups in total. The van der Waals surface area contributed by atoms with E-state index in [1.807, 2.05) is 0 Å². The third kappa shape index (κ3) is 6.90. The van der Waals surface area contributed by atoms with E-state index < -0.39 is 24.1 Å². The third-order valence-electron chi connectivity index (χ3n) is 5.32. The van der Waals surface area contributed by atoms with Crippen LogP contribution in [0.1, 0.15) is 33.8 Å². The van der Waals surface area contributed by atoms with Crippen LogP contribution in [0.5, 0.6) is 17.2 Å². The molecule has 2 unspecified atom stereocenters. The van der Waals surface area contributed by atoms with Gasteiger partial charge in [-0.25, -0.2) is 4.39 Å². The Morgan fingerprint density at radius 2 is 1.89 bits per heavy atom. The second-order valence-electron chi connectivity index (χ2n) is 7.73. The normalized spacial score (nSPS) is 15.1. The van der Waals surface area contributed by atoms with E-state index in [2.05, 4.69) is 5.32 Å². The second kappa shape index (κ2) is 12.1. The van der Waals surface area contributed by atoms with E-state index >= 15 is 0 Å². The minimum atomic E-state index is -1.58. The van der Waals surface area contributed by atoms with Crippen LogP contribution in [-0.2, 0) is 11.2 Å². The second-order valence-corrected chi connectivity index (χ2v) is 8.57. The molecule has 176 valence electrons. The van der Waals surface area contributed by atoms with Crippen molar-refractivity contribution in [1.29, 1.82) is 0 Å². The van der Waals surface area contributed by atoms with Crippen molar-refractivity contribution in [3.05, 3.63) is 87.4 Å². The van der Waals surface area contributed by atoms with Crippen molar-refractivity contribution in [3.63, 3.8) is 0 Å².